The Morgan fingerprint density at radius 2 is 1.50 bits per heavy atom. The summed E-state index contributed by atoms with van der Waals surface area (Å²) < 4.78 is 41.5. The third-order valence-electron chi connectivity index (χ3n) is 5.22. The molecule has 4 aromatic rings. The van der Waals surface area contributed by atoms with Gasteiger partial charge in [-0.25, -0.2) is 23.1 Å². The summed E-state index contributed by atoms with van der Waals surface area (Å²) in [6.45, 7) is 2.16. The van der Waals surface area contributed by atoms with E-state index >= 15 is 0 Å². The van der Waals surface area contributed by atoms with E-state index in [1.54, 1.807) is 42.7 Å². The van der Waals surface area contributed by atoms with Crippen molar-refractivity contribution < 1.29 is 13.2 Å². The monoisotopic (exact) mass is 430 g/mol. The fourth-order valence-electron chi connectivity index (χ4n) is 3.43. The van der Waals surface area contributed by atoms with Crippen molar-refractivity contribution in [3.8, 4) is 23.2 Å². The molecular formula is C27H21F3N2. The predicted octanol–water partition coefficient (Wildman–Crippen LogP) is 6.85. The normalized spacial score (nSPS) is 10.8. The van der Waals surface area contributed by atoms with Gasteiger partial charge in [0.15, 0.2) is 17.5 Å². The van der Waals surface area contributed by atoms with Crippen molar-refractivity contribution >= 4 is 10.8 Å². The van der Waals surface area contributed by atoms with Crippen molar-refractivity contribution in [1.82, 2.24) is 9.97 Å². The van der Waals surface area contributed by atoms with E-state index in [9.17, 15) is 13.2 Å². The Morgan fingerprint density at radius 3 is 2.22 bits per heavy atom. The molecule has 2 nitrogen and oxygen atoms in total. The van der Waals surface area contributed by atoms with E-state index in [2.05, 4.69) is 28.7 Å². The van der Waals surface area contributed by atoms with Crippen LogP contribution in [0.5, 0.6) is 0 Å². The Hall–Kier alpha value is -3.65. The van der Waals surface area contributed by atoms with Gasteiger partial charge in [-0.05, 0) is 71.6 Å². The summed E-state index contributed by atoms with van der Waals surface area (Å²) >= 11 is 0. The molecule has 1 heterocycles. The molecule has 0 N–H and O–H groups in total. The largest absolute Gasteiger partial charge is 0.236 e. The summed E-state index contributed by atoms with van der Waals surface area (Å²) in [7, 11) is 0. The Kier molecular flexibility index (Phi) is 6.51. The van der Waals surface area contributed by atoms with Gasteiger partial charge >= 0.3 is 0 Å². The van der Waals surface area contributed by atoms with E-state index in [4.69, 9.17) is 0 Å². The summed E-state index contributed by atoms with van der Waals surface area (Å²) in [5.41, 5.74) is 2.46. The van der Waals surface area contributed by atoms with Gasteiger partial charge in [0.1, 0.15) is 5.82 Å². The van der Waals surface area contributed by atoms with Crippen LogP contribution in [-0.4, -0.2) is 9.97 Å². The summed E-state index contributed by atoms with van der Waals surface area (Å²) in [6, 6.07) is 11.9. The van der Waals surface area contributed by atoms with E-state index in [0.29, 0.717) is 27.7 Å². The minimum absolute atomic E-state index is 0.232. The Bertz CT molecular complexity index is 1320. The first-order valence-electron chi connectivity index (χ1n) is 10.5. The Balaban J connectivity index is 1.53. The molecule has 0 saturated carbocycles. The fraction of sp³-hybridized carbons (Fsp3) is 0.185. The zero-order valence-corrected chi connectivity index (χ0v) is 17.6. The highest BCUT2D eigenvalue weighted by atomic mass is 19.2. The van der Waals surface area contributed by atoms with Crippen LogP contribution in [0.25, 0.3) is 22.2 Å². The molecule has 0 saturated heterocycles. The van der Waals surface area contributed by atoms with Crippen LogP contribution < -0.4 is 0 Å². The second-order valence-corrected chi connectivity index (χ2v) is 7.64. The molecule has 4 rings (SSSR count). The van der Waals surface area contributed by atoms with Gasteiger partial charge < -0.3 is 0 Å². The number of benzene rings is 3. The van der Waals surface area contributed by atoms with Crippen molar-refractivity contribution in [2.45, 2.75) is 32.6 Å². The SMILES string of the molecule is CCCCCc1cnc(-c2ccc(C#Cc3ccc4cc(F)c(F)cc4c3)c(F)c2)nc1. The topological polar surface area (TPSA) is 25.8 Å². The van der Waals surface area contributed by atoms with E-state index in [1.807, 2.05) is 0 Å². The molecule has 0 fully saturated rings. The van der Waals surface area contributed by atoms with Crippen molar-refractivity contribution in [2.24, 2.45) is 0 Å². The van der Waals surface area contributed by atoms with Gasteiger partial charge in [0.25, 0.3) is 0 Å². The average Bonchev–Trinajstić information content (AvgIpc) is 2.80. The molecule has 160 valence electrons. The zero-order valence-electron chi connectivity index (χ0n) is 17.6. The van der Waals surface area contributed by atoms with Crippen molar-refractivity contribution in [3.63, 3.8) is 0 Å². The smallest absolute Gasteiger partial charge is 0.159 e. The van der Waals surface area contributed by atoms with Crippen molar-refractivity contribution in [3.05, 3.63) is 95.1 Å². The highest BCUT2D eigenvalue weighted by molar-refractivity contribution is 5.84. The average molecular weight is 430 g/mol. The van der Waals surface area contributed by atoms with Crippen LogP contribution in [0.3, 0.4) is 0 Å². The van der Waals surface area contributed by atoms with E-state index in [1.165, 1.54) is 12.5 Å². The van der Waals surface area contributed by atoms with Gasteiger partial charge in [-0.2, -0.15) is 0 Å². The standard InChI is InChI=1S/C27H21F3N2/c1-2-3-4-5-19-16-31-27(32-17-19)22-11-10-20(24(28)14-22)8-6-18-7-9-21-13-25(29)26(30)15-23(21)12-18/h7,9-17H,2-5H2,1H3. The Morgan fingerprint density at radius 1 is 0.750 bits per heavy atom. The van der Waals surface area contributed by atoms with Gasteiger partial charge in [0, 0.05) is 23.5 Å². The summed E-state index contributed by atoms with van der Waals surface area (Å²) in [6.07, 6.45) is 7.95. The number of fused-ring (bicyclic) bond motifs is 1. The highest BCUT2D eigenvalue weighted by Crippen LogP contribution is 2.21. The number of hydrogen-bond donors (Lipinski definition) is 0. The summed E-state index contributed by atoms with van der Waals surface area (Å²) in [5.74, 6) is 3.86. The molecule has 3 aromatic carbocycles. The molecule has 0 atom stereocenters. The lowest BCUT2D eigenvalue weighted by atomic mass is 10.1. The fourth-order valence-corrected chi connectivity index (χ4v) is 3.43. The minimum Gasteiger partial charge on any atom is -0.236 e. The van der Waals surface area contributed by atoms with Crippen LogP contribution in [0.15, 0.2) is 60.9 Å². The number of nitrogens with zero attached hydrogens (tertiary/aromatic N) is 2. The van der Waals surface area contributed by atoms with E-state index in [-0.39, 0.29) is 5.56 Å². The van der Waals surface area contributed by atoms with Crippen molar-refractivity contribution in [2.75, 3.05) is 0 Å². The molecule has 0 unspecified atom stereocenters. The second kappa shape index (κ2) is 9.65. The number of halogens is 3. The summed E-state index contributed by atoms with van der Waals surface area (Å²) in [4.78, 5) is 8.73. The van der Waals surface area contributed by atoms with E-state index < -0.39 is 17.5 Å². The first-order chi connectivity index (χ1) is 15.5. The summed E-state index contributed by atoms with van der Waals surface area (Å²) in [5, 5.41) is 1.10. The number of hydrogen-bond acceptors (Lipinski definition) is 2. The minimum atomic E-state index is -0.916. The first-order valence-corrected chi connectivity index (χ1v) is 10.5. The molecule has 5 heteroatoms. The van der Waals surface area contributed by atoms with Gasteiger partial charge in [-0.1, -0.05) is 37.7 Å². The second-order valence-electron chi connectivity index (χ2n) is 7.64. The zero-order chi connectivity index (χ0) is 22.5. The highest BCUT2D eigenvalue weighted by Gasteiger charge is 2.07. The van der Waals surface area contributed by atoms with Gasteiger partial charge in [0.2, 0.25) is 0 Å². The molecule has 0 aliphatic heterocycles. The third kappa shape index (κ3) is 4.97. The molecule has 0 aliphatic rings. The number of aromatic nitrogens is 2. The lowest BCUT2D eigenvalue weighted by molar-refractivity contribution is 0.511. The molecule has 32 heavy (non-hydrogen) atoms. The molecule has 0 spiro atoms. The van der Waals surface area contributed by atoms with Gasteiger partial charge in [-0.3, -0.25) is 0 Å². The van der Waals surface area contributed by atoms with E-state index in [0.717, 1.165) is 37.0 Å². The molecule has 0 amide bonds. The van der Waals surface area contributed by atoms with Crippen LogP contribution in [-0.2, 0) is 6.42 Å². The maximum absolute atomic E-state index is 14.6. The number of rotatable bonds is 5. The molecule has 0 radical (unpaired) electrons. The third-order valence-corrected chi connectivity index (χ3v) is 5.22. The Labute approximate surface area is 185 Å². The molecular weight excluding hydrogens is 409 g/mol. The van der Waals surface area contributed by atoms with Gasteiger partial charge in [0.05, 0.1) is 5.56 Å². The van der Waals surface area contributed by atoms with Gasteiger partial charge in [-0.15, -0.1) is 0 Å². The lowest BCUT2D eigenvalue weighted by Crippen LogP contribution is -1.94. The van der Waals surface area contributed by atoms with Crippen LogP contribution in [0.4, 0.5) is 13.2 Å². The molecule has 1 aromatic heterocycles. The van der Waals surface area contributed by atoms with Crippen LogP contribution >= 0.6 is 0 Å². The predicted molar refractivity (Wildman–Crippen MR) is 120 cm³/mol. The molecule has 0 bridgehead atoms. The van der Waals surface area contributed by atoms with Crippen LogP contribution in [0.1, 0.15) is 42.9 Å². The first kappa shape index (κ1) is 21.6. The number of unbranched alkanes of at least 4 members (excludes halogenated alkanes) is 2. The lowest BCUT2D eigenvalue weighted by Gasteiger charge is -2.04. The van der Waals surface area contributed by atoms with Crippen molar-refractivity contribution in [1.29, 1.82) is 0 Å². The van der Waals surface area contributed by atoms with Crippen LogP contribution in [0.2, 0.25) is 0 Å². The molecule has 0 aliphatic carbocycles. The maximum Gasteiger partial charge on any atom is 0.159 e. The quantitative estimate of drug-likeness (QED) is 0.256. The van der Waals surface area contributed by atoms with Crippen LogP contribution in [0, 0.1) is 29.3 Å². The maximum atomic E-state index is 14.6. The number of aryl methyl sites for hydroxylation is 1.